The van der Waals surface area contributed by atoms with Gasteiger partial charge < -0.3 is 10.4 Å². The van der Waals surface area contributed by atoms with E-state index in [1.807, 2.05) is 5.32 Å². The second-order valence-electron chi connectivity index (χ2n) is 2.77. The van der Waals surface area contributed by atoms with Crippen LogP contribution in [-0.4, -0.2) is 23.5 Å². The van der Waals surface area contributed by atoms with Crippen LogP contribution in [0.4, 0.5) is 13.2 Å². The van der Waals surface area contributed by atoms with E-state index in [1.54, 1.807) is 0 Å². The van der Waals surface area contributed by atoms with E-state index in [0.29, 0.717) is 17.4 Å². The van der Waals surface area contributed by atoms with E-state index in [4.69, 9.17) is 5.11 Å². The smallest absolute Gasteiger partial charge is 0.425 e. The molecule has 1 rings (SSSR count). The Labute approximate surface area is 91.7 Å². The zero-order valence-corrected chi connectivity index (χ0v) is 8.48. The summed E-state index contributed by atoms with van der Waals surface area (Å²) < 4.78 is 36.5. The Hall–Kier alpha value is -1.57. The van der Waals surface area contributed by atoms with Crippen molar-refractivity contribution in [3.05, 3.63) is 21.9 Å². The third-order valence-electron chi connectivity index (χ3n) is 1.54. The molecule has 1 aromatic heterocycles. The molecule has 16 heavy (non-hydrogen) atoms. The first-order valence-electron chi connectivity index (χ1n) is 3.96. The van der Waals surface area contributed by atoms with Gasteiger partial charge in [-0.15, -0.1) is 11.3 Å². The molecule has 2 N–H and O–H groups in total. The highest BCUT2D eigenvalue weighted by Gasteiger charge is 2.33. The summed E-state index contributed by atoms with van der Waals surface area (Å²) in [5.74, 6) is -2.10. The molecule has 0 fully saturated rings. The number of thiophene rings is 1. The van der Waals surface area contributed by atoms with Crippen LogP contribution in [0.1, 0.15) is 15.2 Å². The molecule has 0 aliphatic carbocycles. The van der Waals surface area contributed by atoms with Gasteiger partial charge in [0.2, 0.25) is 0 Å². The Morgan fingerprint density at radius 2 is 2.06 bits per heavy atom. The van der Waals surface area contributed by atoms with Crippen molar-refractivity contribution in [3.63, 3.8) is 0 Å². The van der Waals surface area contributed by atoms with Crippen molar-refractivity contribution in [2.75, 3.05) is 6.54 Å². The van der Waals surface area contributed by atoms with Crippen molar-refractivity contribution < 1.29 is 27.9 Å². The number of amides is 1. The van der Waals surface area contributed by atoms with Crippen molar-refractivity contribution in [1.82, 2.24) is 5.32 Å². The molecule has 0 atom stereocenters. The number of carbonyl (C=O) groups excluding carboxylic acids is 1. The van der Waals surface area contributed by atoms with Crippen molar-refractivity contribution in [2.24, 2.45) is 0 Å². The molecule has 0 saturated carbocycles. The van der Waals surface area contributed by atoms with Gasteiger partial charge in [-0.3, -0.25) is 9.59 Å². The lowest BCUT2D eigenvalue weighted by molar-refractivity contribution is -0.136. The van der Waals surface area contributed by atoms with Crippen LogP contribution in [0.5, 0.6) is 0 Å². The molecular weight excluding hydrogens is 247 g/mol. The monoisotopic (exact) mass is 253 g/mol. The van der Waals surface area contributed by atoms with Crippen LogP contribution >= 0.6 is 11.3 Å². The fourth-order valence-corrected chi connectivity index (χ4v) is 1.62. The number of carbonyl (C=O) groups is 2. The number of carboxylic acid groups (broad SMARTS) is 1. The van der Waals surface area contributed by atoms with E-state index in [-0.39, 0.29) is 5.56 Å². The molecule has 0 aliphatic heterocycles. The minimum atomic E-state index is -4.49. The third-order valence-corrected chi connectivity index (χ3v) is 2.52. The number of aliphatic carboxylic acids is 1. The molecule has 0 saturated heterocycles. The highest BCUT2D eigenvalue weighted by molar-refractivity contribution is 7.10. The Bertz CT molecular complexity index is 413. The summed E-state index contributed by atoms with van der Waals surface area (Å²) in [5, 5.41) is 11.2. The number of alkyl halides is 3. The Morgan fingerprint density at radius 1 is 1.44 bits per heavy atom. The second-order valence-corrected chi connectivity index (χ2v) is 3.69. The first-order chi connectivity index (χ1) is 7.30. The number of carboxylic acids is 1. The second kappa shape index (κ2) is 4.52. The van der Waals surface area contributed by atoms with Crippen molar-refractivity contribution >= 4 is 23.2 Å². The van der Waals surface area contributed by atoms with Gasteiger partial charge in [-0.1, -0.05) is 0 Å². The van der Waals surface area contributed by atoms with Gasteiger partial charge in [0.25, 0.3) is 5.91 Å². The molecule has 0 aromatic carbocycles. The Kier molecular flexibility index (Phi) is 3.53. The number of hydrogen-bond acceptors (Lipinski definition) is 3. The van der Waals surface area contributed by atoms with E-state index in [1.165, 1.54) is 0 Å². The summed E-state index contributed by atoms with van der Waals surface area (Å²) in [6, 6.07) is 0.682. The van der Waals surface area contributed by atoms with Crippen molar-refractivity contribution in [1.29, 1.82) is 0 Å². The predicted molar refractivity (Wildman–Crippen MR) is 49.3 cm³/mol. The van der Waals surface area contributed by atoms with E-state index >= 15 is 0 Å². The number of hydrogen-bond donors (Lipinski definition) is 2. The SMILES string of the molecule is O=C(O)CNC(=O)c1csc(C(F)(F)F)c1. The summed E-state index contributed by atoms with van der Waals surface area (Å²) in [5.41, 5.74) is -0.196. The van der Waals surface area contributed by atoms with Gasteiger partial charge in [0.15, 0.2) is 0 Å². The molecule has 0 radical (unpaired) electrons. The molecule has 0 spiro atoms. The van der Waals surface area contributed by atoms with Crippen LogP contribution in [0.2, 0.25) is 0 Å². The minimum Gasteiger partial charge on any atom is -0.480 e. The summed E-state index contributed by atoms with van der Waals surface area (Å²) in [6.07, 6.45) is -4.49. The lowest BCUT2D eigenvalue weighted by atomic mass is 10.3. The fourth-order valence-electron chi connectivity index (χ4n) is 0.862. The zero-order chi connectivity index (χ0) is 12.3. The molecule has 0 unspecified atom stereocenters. The Morgan fingerprint density at radius 3 is 2.50 bits per heavy atom. The molecular formula is C8H6F3NO3S. The van der Waals surface area contributed by atoms with E-state index in [2.05, 4.69) is 0 Å². The first-order valence-corrected chi connectivity index (χ1v) is 4.84. The van der Waals surface area contributed by atoms with Gasteiger partial charge in [0, 0.05) is 5.38 Å². The van der Waals surface area contributed by atoms with E-state index < -0.39 is 29.5 Å². The van der Waals surface area contributed by atoms with Gasteiger partial charge in [-0.2, -0.15) is 13.2 Å². The average Bonchev–Trinajstić information content (AvgIpc) is 2.61. The van der Waals surface area contributed by atoms with Gasteiger partial charge in [-0.25, -0.2) is 0 Å². The standard InChI is InChI=1S/C8H6F3NO3S/c9-8(10,11)5-1-4(3-16-5)7(15)12-2-6(13)14/h1,3H,2H2,(H,12,15)(H,13,14). The largest absolute Gasteiger partial charge is 0.480 e. The van der Waals surface area contributed by atoms with Crippen molar-refractivity contribution in [3.8, 4) is 0 Å². The van der Waals surface area contributed by atoms with E-state index in [9.17, 15) is 22.8 Å². The maximum atomic E-state index is 12.2. The van der Waals surface area contributed by atoms with Crippen LogP contribution in [0.3, 0.4) is 0 Å². The average molecular weight is 253 g/mol. The first kappa shape index (κ1) is 12.5. The lowest BCUT2D eigenvalue weighted by Gasteiger charge is -2.01. The molecule has 8 heteroatoms. The maximum absolute atomic E-state index is 12.2. The van der Waals surface area contributed by atoms with Gasteiger partial charge in [0.05, 0.1) is 5.56 Å². The molecule has 88 valence electrons. The highest BCUT2D eigenvalue weighted by Crippen LogP contribution is 2.33. The highest BCUT2D eigenvalue weighted by atomic mass is 32.1. The molecule has 0 bridgehead atoms. The Balaban J connectivity index is 2.71. The number of rotatable bonds is 3. The molecule has 1 amide bonds. The molecule has 1 heterocycles. The summed E-state index contributed by atoms with van der Waals surface area (Å²) in [7, 11) is 0. The molecule has 1 aromatic rings. The van der Waals surface area contributed by atoms with Gasteiger partial charge >= 0.3 is 12.1 Å². The molecule has 4 nitrogen and oxygen atoms in total. The summed E-state index contributed by atoms with van der Waals surface area (Å²) in [4.78, 5) is 20.4. The van der Waals surface area contributed by atoms with Crippen LogP contribution < -0.4 is 5.32 Å². The maximum Gasteiger partial charge on any atom is 0.425 e. The summed E-state index contributed by atoms with van der Waals surface area (Å²) >= 11 is 0.386. The van der Waals surface area contributed by atoms with E-state index in [0.717, 1.165) is 5.38 Å². The van der Waals surface area contributed by atoms with Crippen LogP contribution in [0, 0.1) is 0 Å². The van der Waals surface area contributed by atoms with Crippen LogP contribution in [0.15, 0.2) is 11.4 Å². The fraction of sp³-hybridized carbons (Fsp3) is 0.250. The van der Waals surface area contributed by atoms with Crippen molar-refractivity contribution in [2.45, 2.75) is 6.18 Å². The number of nitrogens with one attached hydrogen (secondary N) is 1. The third kappa shape index (κ3) is 3.23. The van der Waals surface area contributed by atoms with Crippen LogP contribution in [-0.2, 0) is 11.0 Å². The lowest BCUT2D eigenvalue weighted by Crippen LogP contribution is -2.28. The number of halogens is 3. The van der Waals surface area contributed by atoms with Crippen LogP contribution in [0.25, 0.3) is 0 Å². The van der Waals surface area contributed by atoms with Gasteiger partial charge in [0.1, 0.15) is 11.4 Å². The minimum absolute atomic E-state index is 0.196. The molecule has 0 aliphatic rings. The normalized spacial score (nSPS) is 11.2. The quantitative estimate of drug-likeness (QED) is 0.859. The van der Waals surface area contributed by atoms with Gasteiger partial charge in [-0.05, 0) is 6.07 Å². The topological polar surface area (TPSA) is 66.4 Å². The zero-order valence-electron chi connectivity index (χ0n) is 7.67. The summed E-state index contributed by atoms with van der Waals surface area (Å²) in [6.45, 7) is -0.629. The predicted octanol–water partition coefficient (Wildman–Crippen LogP) is 1.58.